The van der Waals surface area contributed by atoms with E-state index in [0.29, 0.717) is 16.7 Å². The summed E-state index contributed by atoms with van der Waals surface area (Å²) in [4.78, 5) is 0. The van der Waals surface area contributed by atoms with Crippen molar-refractivity contribution in [1.29, 1.82) is 0 Å². The van der Waals surface area contributed by atoms with Crippen LogP contribution in [0.4, 0.5) is 0 Å². The molecule has 0 saturated heterocycles. The van der Waals surface area contributed by atoms with E-state index < -0.39 is 0 Å². The molecule has 0 radical (unpaired) electrons. The highest BCUT2D eigenvalue weighted by atomic mass is 16.5. The normalized spacial score (nSPS) is 40.9. The van der Waals surface area contributed by atoms with Gasteiger partial charge >= 0.3 is 0 Å². The topological polar surface area (TPSA) is 29.5 Å². The molecule has 0 aliphatic heterocycles. The summed E-state index contributed by atoms with van der Waals surface area (Å²) >= 11 is 0. The van der Waals surface area contributed by atoms with Gasteiger partial charge in [0.1, 0.15) is 0 Å². The SMILES string of the molecule is CC(C)(CO)OCC1CC2CC2(C)C1(C)C. The molecule has 1 N–H and O–H groups in total. The smallest absolute Gasteiger partial charge is 0.0856 e. The molecule has 2 rings (SSSR count). The Morgan fingerprint density at radius 2 is 1.94 bits per heavy atom. The molecule has 16 heavy (non-hydrogen) atoms. The second-order valence-corrected chi connectivity index (χ2v) is 7.20. The van der Waals surface area contributed by atoms with Crippen LogP contribution >= 0.6 is 0 Å². The van der Waals surface area contributed by atoms with Crippen LogP contribution in [0.25, 0.3) is 0 Å². The molecule has 0 heterocycles. The Labute approximate surface area is 99.4 Å². The van der Waals surface area contributed by atoms with Crippen molar-refractivity contribution in [3.05, 3.63) is 0 Å². The lowest BCUT2D eigenvalue weighted by molar-refractivity contribution is -0.0833. The van der Waals surface area contributed by atoms with Gasteiger partial charge in [0.2, 0.25) is 0 Å². The number of aliphatic hydroxyl groups is 1. The van der Waals surface area contributed by atoms with Crippen LogP contribution in [-0.2, 0) is 4.74 Å². The van der Waals surface area contributed by atoms with Crippen molar-refractivity contribution in [3.8, 4) is 0 Å². The van der Waals surface area contributed by atoms with Crippen molar-refractivity contribution in [2.24, 2.45) is 22.7 Å². The lowest BCUT2D eigenvalue weighted by Crippen LogP contribution is -2.36. The largest absolute Gasteiger partial charge is 0.393 e. The molecular formula is C14H26O2. The summed E-state index contributed by atoms with van der Waals surface area (Å²) in [6.07, 6.45) is 2.71. The average molecular weight is 226 g/mol. The highest BCUT2D eigenvalue weighted by Crippen LogP contribution is 2.73. The summed E-state index contributed by atoms with van der Waals surface area (Å²) in [7, 11) is 0. The third kappa shape index (κ3) is 1.70. The van der Waals surface area contributed by atoms with Crippen LogP contribution in [0.2, 0.25) is 0 Å². The van der Waals surface area contributed by atoms with Gasteiger partial charge in [-0.2, -0.15) is 0 Å². The van der Waals surface area contributed by atoms with Crippen molar-refractivity contribution in [3.63, 3.8) is 0 Å². The minimum Gasteiger partial charge on any atom is -0.393 e. The lowest BCUT2D eigenvalue weighted by atomic mass is 9.71. The maximum atomic E-state index is 9.18. The van der Waals surface area contributed by atoms with E-state index in [0.717, 1.165) is 12.5 Å². The summed E-state index contributed by atoms with van der Waals surface area (Å²) in [6.45, 7) is 12.0. The minimum atomic E-state index is -0.385. The van der Waals surface area contributed by atoms with Crippen LogP contribution in [0, 0.1) is 22.7 Å². The molecule has 0 aromatic heterocycles. The Kier molecular flexibility index (Phi) is 2.67. The molecule has 2 fully saturated rings. The zero-order valence-corrected chi connectivity index (χ0v) is 11.3. The van der Waals surface area contributed by atoms with Crippen LogP contribution in [0.1, 0.15) is 47.5 Å². The van der Waals surface area contributed by atoms with E-state index in [1.807, 2.05) is 13.8 Å². The molecule has 2 nitrogen and oxygen atoms in total. The fourth-order valence-corrected chi connectivity index (χ4v) is 3.34. The molecule has 0 bridgehead atoms. The Balaban J connectivity index is 1.93. The van der Waals surface area contributed by atoms with E-state index in [-0.39, 0.29) is 12.2 Å². The first kappa shape index (κ1) is 12.4. The van der Waals surface area contributed by atoms with Crippen LogP contribution in [-0.4, -0.2) is 23.9 Å². The van der Waals surface area contributed by atoms with Gasteiger partial charge < -0.3 is 9.84 Å². The predicted molar refractivity (Wildman–Crippen MR) is 65.2 cm³/mol. The van der Waals surface area contributed by atoms with Gasteiger partial charge in [-0.15, -0.1) is 0 Å². The summed E-state index contributed by atoms with van der Waals surface area (Å²) < 4.78 is 5.86. The third-order valence-electron chi connectivity index (χ3n) is 5.53. The van der Waals surface area contributed by atoms with E-state index in [2.05, 4.69) is 20.8 Å². The minimum absolute atomic E-state index is 0.0981. The van der Waals surface area contributed by atoms with Gasteiger partial charge in [-0.25, -0.2) is 0 Å². The summed E-state index contributed by atoms with van der Waals surface area (Å²) in [6, 6.07) is 0. The number of hydrogen-bond acceptors (Lipinski definition) is 2. The van der Waals surface area contributed by atoms with Crippen LogP contribution in [0.15, 0.2) is 0 Å². The first-order valence-electron chi connectivity index (χ1n) is 6.48. The number of hydrogen-bond donors (Lipinski definition) is 1. The molecule has 94 valence electrons. The van der Waals surface area contributed by atoms with Crippen molar-refractivity contribution >= 4 is 0 Å². The zero-order valence-electron chi connectivity index (χ0n) is 11.3. The van der Waals surface area contributed by atoms with Gasteiger partial charge in [0.05, 0.1) is 18.8 Å². The molecule has 2 aliphatic rings. The van der Waals surface area contributed by atoms with Gasteiger partial charge in [-0.05, 0) is 49.4 Å². The van der Waals surface area contributed by atoms with Gasteiger partial charge in [0.15, 0.2) is 0 Å². The third-order valence-corrected chi connectivity index (χ3v) is 5.53. The van der Waals surface area contributed by atoms with Gasteiger partial charge in [-0.3, -0.25) is 0 Å². The number of fused-ring (bicyclic) bond motifs is 1. The maximum Gasteiger partial charge on any atom is 0.0856 e. The van der Waals surface area contributed by atoms with Gasteiger partial charge in [0, 0.05) is 0 Å². The van der Waals surface area contributed by atoms with E-state index >= 15 is 0 Å². The molecule has 3 atom stereocenters. The Morgan fingerprint density at radius 3 is 2.38 bits per heavy atom. The van der Waals surface area contributed by atoms with Crippen LogP contribution < -0.4 is 0 Å². The zero-order chi connectivity index (χ0) is 12.2. The Bertz CT molecular complexity index is 282. The Hall–Kier alpha value is -0.0800. The molecule has 2 heteroatoms. The van der Waals surface area contributed by atoms with Crippen molar-refractivity contribution in [1.82, 2.24) is 0 Å². The fraction of sp³-hybridized carbons (Fsp3) is 1.00. The molecule has 2 saturated carbocycles. The summed E-state index contributed by atoms with van der Waals surface area (Å²) in [5.41, 5.74) is 0.567. The van der Waals surface area contributed by atoms with Gasteiger partial charge in [-0.1, -0.05) is 20.8 Å². The van der Waals surface area contributed by atoms with Crippen LogP contribution in [0.5, 0.6) is 0 Å². The molecule has 3 unspecified atom stereocenters. The highest BCUT2D eigenvalue weighted by Gasteiger charge is 2.67. The quantitative estimate of drug-likeness (QED) is 0.798. The molecular weight excluding hydrogens is 200 g/mol. The van der Waals surface area contributed by atoms with Crippen LogP contribution in [0.3, 0.4) is 0 Å². The summed E-state index contributed by atoms with van der Waals surface area (Å²) in [5, 5.41) is 9.18. The van der Waals surface area contributed by atoms with Crippen molar-refractivity contribution < 1.29 is 9.84 Å². The van der Waals surface area contributed by atoms with E-state index in [1.54, 1.807) is 0 Å². The molecule has 0 spiro atoms. The number of aliphatic hydroxyl groups excluding tert-OH is 1. The van der Waals surface area contributed by atoms with Crippen molar-refractivity contribution in [2.45, 2.75) is 53.1 Å². The first-order valence-corrected chi connectivity index (χ1v) is 6.48. The van der Waals surface area contributed by atoms with Gasteiger partial charge in [0.25, 0.3) is 0 Å². The van der Waals surface area contributed by atoms with E-state index in [1.165, 1.54) is 12.8 Å². The number of rotatable bonds is 4. The fourth-order valence-electron chi connectivity index (χ4n) is 3.34. The standard InChI is InChI=1S/C14H26O2/c1-12(2,9-15)16-8-11-6-10-7-14(10,5)13(11,3)4/h10-11,15H,6-9H2,1-5H3. The first-order chi connectivity index (χ1) is 7.23. The molecule has 0 aromatic carbocycles. The summed E-state index contributed by atoms with van der Waals surface area (Å²) in [5.74, 6) is 1.58. The molecule has 2 aliphatic carbocycles. The van der Waals surface area contributed by atoms with E-state index in [4.69, 9.17) is 4.74 Å². The monoisotopic (exact) mass is 226 g/mol. The second kappa shape index (κ2) is 3.46. The Morgan fingerprint density at radius 1 is 1.31 bits per heavy atom. The average Bonchev–Trinajstić information content (AvgIpc) is 2.80. The predicted octanol–water partition coefficient (Wildman–Crippen LogP) is 2.85. The maximum absolute atomic E-state index is 9.18. The molecule has 0 amide bonds. The van der Waals surface area contributed by atoms with Crippen molar-refractivity contribution in [2.75, 3.05) is 13.2 Å². The lowest BCUT2D eigenvalue weighted by Gasteiger charge is -2.37. The molecule has 0 aromatic rings. The highest BCUT2D eigenvalue weighted by molar-refractivity contribution is 5.15. The van der Waals surface area contributed by atoms with E-state index in [9.17, 15) is 5.11 Å². The number of ether oxygens (including phenoxy) is 1. The second-order valence-electron chi connectivity index (χ2n) is 7.20.